The van der Waals surface area contributed by atoms with Gasteiger partial charge in [0.15, 0.2) is 11.4 Å². The number of nitrogens with zero attached hydrogens (tertiary/aromatic N) is 4. The fourth-order valence-electron chi connectivity index (χ4n) is 4.71. The number of anilines is 1. The van der Waals surface area contributed by atoms with E-state index in [1.165, 1.54) is 5.69 Å². The summed E-state index contributed by atoms with van der Waals surface area (Å²) in [4.78, 5) is 18.3. The van der Waals surface area contributed by atoms with Gasteiger partial charge in [-0.2, -0.15) is 0 Å². The maximum Gasteiger partial charge on any atom is 0.231 e. The van der Waals surface area contributed by atoms with Crippen molar-refractivity contribution < 1.29 is 13.9 Å². The Morgan fingerprint density at radius 3 is 3.06 bits per heavy atom. The first-order valence-electron chi connectivity index (χ1n) is 11.4. The highest BCUT2D eigenvalue weighted by atomic mass is 16.5. The summed E-state index contributed by atoms with van der Waals surface area (Å²) in [6.07, 6.45) is 3.10. The van der Waals surface area contributed by atoms with Gasteiger partial charge in [0.25, 0.3) is 0 Å². The molecule has 1 amide bonds. The van der Waals surface area contributed by atoms with E-state index >= 15 is 0 Å². The van der Waals surface area contributed by atoms with Crippen LogP contribution in [0.25, 0.3) is 28.1 Å². The van der Waals surface area contributed by atoms with E-state index in [0.29, 0.717) is 36.4 Å². The second kappa shape index (κ2) is 8.08. The number of hydrogen-bond donors (Lipinski definition) is 2. The van der Waals surface area contributed by atoms with E-state index in [1.807, 2.05) is 18.2 Å². The molecule has 2 atom stereocenters. The maximum absolute atomic E-state index is 11.4. The fraction of sp³-hybridized carbons (Fsp3) is 0.375. The highest BCUT2D eigenvalue weighted by Crippen LogP contribution is 2.35. The molecule has 2 aliphatic heterocycles. The minimum absolute atomic E-state index is 0.0263. The molecule has 0 aliphatic carbocycles. The maximum atomic E-state index is 11.4. The third kappa shape index (κ3) is 3.68. The van der Waals surface area contributed by atoms with Crippen LogP contribution in [0.4, 0.5) is 5.69 Å². The Hall–Kier alpha value is -3.59. The number of benzene rings is 1. The largest absolute Gasteiger partial charge is 0.474 e. The van der Waals surface area contributed by atoms with Crippen LogP contribution in [0.3, 0.4) is 0 Å². The average Bonchev–Trinajstić information content (AvgIpc) is 3.55. The molecular formula is C24H26N6O3. The Labute approximate surface area is 190 Å². The van der Waals surface area contributed by atoms with Crippen LogP contribution in [-0.2, 0) is 4.79 Å². The molecule has 0 spiro atoms. The molecule has 9 nitrogen and oxygen atoms in total. The molecule has 2 aliphatic rings. The van der Waals surface area contributed by atoms with Crippen molar-refractivity contribution in [2.75, 3.05) is 31.1 Å². The van der Waals surface area contributed by atoms with Crippen molar-refractivity contribution in [2.45, 2.75) is 31.8 Å². The molecular weight excluding hydrogens is 420 g/mol. The van der Waals surface area contributed by atoms with Gasteiger partial charge in [-0.3, -0.25) is 4.79 Å². The molecule has 2 fully saturated rings. The van der Waals surface area contributed by atoms with Crippen LogP contribution >= 0.6 is 0 Å². The molecule has 33 heavy (non-hydrogen) atoms. The SMILES string of the molecule is C[C@H]1CNCCN1c1cccc2oc(-c3cnc4ccc(OC[C@@H]5CCC(=O)N5)nn34)cc12. The molecule has 5 heterocycles. The van der Waals surface area contributed by atoms with Crippen molar-refractivity contribution in [2.24, 2.45) is 0 Å². The van der Waals surface area contributed by atoms with Gasteiger partial charge in [-0.25, -0.2) is 9.50 Å². The number of rotatable bonds is 5. The van der Waals surface area contributed by atoms with Crippen molar-refractivity contribution in [3.05, 3.63) is 42.6 Å². The lowest BCUT2D eigenvalue weighted by Gasteiger charge is -2.36. The van der Waals surface area contributed by atoms with Crippen LogP contribution in [0.1, 0.15) is 19.8 Å². The summed E-state index contributed by atoms with van der Waals surface area (Å²) >= 11 is 0. The van der Waals surface area contributed by atoms with E-state index in [-0.39, 0.29) is 11.9 Å². The highest BCUT2D eigenvalue weighted by molar-refractivity contribution is 5.94. The van der Waals surface area contributed by atoms with Gasteiger partial charge in [0.1, 0.15) is 17.9 Å². The summed E-state index contributed by atoms with van der Waals surface area (Å²) in [6, 6.07) is 12.4. The van der Waals surface area contributed by atoms with Gasteiger partial charge >= 0.3 is 0 Å². The normalized spacial score (nSPS) is 21.1. The third-order valence-corrected chi connectivity index (χ3v) is 6.46. The smallest absolute Gasteiger partial charge is 0.231 e. The van der Waals surface area contributed by atoms with Crippen molar-refractivity contribution in [1.29, 1.82) is 0 Å². The number of imidazole rings is 1. The molecule has 0 radical (unpaired) electrons. The summed E-state index contributed by atoms with van der Waals surface area (Å²) < 4.78 is 13.9. The lowest BCUT2D eigenvalue weighted by atomic mass is 10.1. The average molecular weight is 447 g/mol. The number of aromatic nitrogens is 3. The predicted octanol–water partition coefficient (Wildman–Crippen LogP) is 2.60. The van der Waals surface area contributed by atoms with E-state index in [1.54, 1.807) is 16.8 Å². The van der Waals surface area contributed by atoms with Crippen LogP contribution in [0, 0.1) is 0 Å². The molecule has 0 saturated carbocycles. The van der Waals surface area contributed by atoms with E-state index in [4.69, 9.17) is 9.15 Å². The first kappa shape index (κ1) is 20.0. The summed E-state index contributed by atoms with van der Waals surface area (Å²) in [5, 5.41) is 12.1. The van der Waals surface area contributed by atoms with E-state index in [0.717, 1.165) is 42.7 Å². The van der Waals surface area contributed by atoms with Crippen molar-refractivity contribution in [3.8, 4) is 17.3 Å². The Morgan fingerprint density at radius 2 is 2.21 bits per heavy atom. The number of nitrogens with one attached hydrogen (secondary N) is 2. The van der Waals surface area contributed by atoms with Gasteiger partial charge < -0.3 is 24.7 Å². The van der Waals surface area contributed by atoms with Gasteiger partial charge in [-0.05, 0) is 37.6 Å². The summed E-state index contributed by atoms with van der Waals surface area (Å²) in [7, 11) is 0. The monoisotopic (exact) mass is 446 g/mol. The van der Waals surface area contributed by atoms with Crippen LogP contribution < -0.4 is 20.3 Å². The molecule has 1 aromatic carbocycles. The van der Waals surface area contributed by atoms with Crippen LogP contribution in [0.15, 0.2) is 47.0 Å². The quantitative estimate of drug-likeness (QED) is 0.486. The predicted molar refractivity (Wildman–Crippen MR) is 125 cm³/mol. The third-order valence-electron chi connectivity index (χ3n) is 6.46. The van der Waals surface area contributed by atoms with Gasteiger partial charge in [0, 0.05) is 49.2 Å². The number of carbonyl (C=O) groups is 1. The standard InChI is InChI=1S/C24H26N6O3/c1-15-12-25-9-10-29(15)18-3-2-4-20-17(18)11-21(33-20)19-13-26-22-6-8-24(28-30(19)22)32-14-16-5-7-23(31)27-16/h2-4,6,8,11,13,15-16,25H,5,7,9-10,12,14H2,1H3,(H,27,31)/t15-,16-/m0/s1. The summed E-state index contributed by atoms with van der Waals surface area (Å²) in [6.45, 7) is 5.52. The lowest BCUT2D eigenvalue weighted by Crippen LogP contribution is -2.49. The molecule has 2 saturated heterocycles. The molecule has 6 rings (SSSR count). The first-order chi connectivity index (χ1) is 16.2. The second-order valence-corrected chi connectivity index (χ2v) is 8.75. The molecule has 0 bridgehead atoms. The Kier molecular flexibility index (Phi) is 4.91. The highest BCUT2D eigenvalue weighted by Gasteiger charge is 2.23. The number of fused-ring (bicyclic) bond motifs is 2. The van der Waals surface area contributed by atoms with Crippen molar-refractivity contribution in [1.82, 2.24) is 25.2 Å². The van der Waals surface area contributed by atoms with Gasteiger partial charge in [-0.15, -0.1) is 5.10 Å². The van der Waals surface area contributed by atoms with Crippen molar-refractivity contribution >= 4 is 28.2 Å². The van der Waals surface area contributed by atoms with Gasteiger partial charge in [-0.1, -0.05) is 6.07 Å². The summed E-state index contributed by atoms with van der Waals surface area (Å²) in [5.41, 5.74) is 3.50. The zero-order valence-electron chi connectivity index (χ0n) is 18.5. The number of piperazine rings is 1. The van der Waals surface area contributed by atoms with Gasteiger partial charge in [0.05, 0.1) is 12.2 Å². The molecule has 3 aromatic heterocycles. The van der Waals surface area contributed by atoms with E-state index in [9.17, 15) is 4.79 Å². The number of furan rings is 1. The molecule has 170 valence electrons. The summed E-state index contributed by atoms with van der Waals surface area (Å²) in [5.74, 6) is 1.26. The first-order valence-corrected chi connectivity index (χ1v) is 11.4. The molecule has 9 heteroatoms. The van der Waals surface area contributed by atoms with E-state index < -0.39 is 0 Å². The molecule has 2 N–H and O–H groups in total. The zero-order valence-corrected chi connectivity index (χ0v) is 18.5. The number of carbonyl (C=O) groups excluding carboxylic acids is 1. The topological polar surface area (TPSA) is 96.9 Å². The van der Waals surface area contributed by atoms with Crippen LogP contribution in [0.2, 0.25) is 0 Å². The number of ether oxygens (including phenoxy) is 1. The van der Waals surface area contributed by atoms with E-state index in [2.05, 4.69) is 44.7 Å². The molecule has 4 aromatic rings. The fourth-order valence-corrected chi connectivity index (χ4v) is 4.71. The Balaban J connectivity index is 1.32. The van der Waals surface area contributed by atoms with Gasteiger partial charge in [0.2, 0.25) is 11.8 Å². The Bertz CT molecular complexity index is 1330. The zero-order chi connectivity index (χ0) is 22.4. The van der Waals surface area contributed by atoms with Crippen LogP contribution in [0.5, 0.6) is 5.88 Å². The lowest BCUT2D eigenvalue weighted by molar-refractivity contribution is -0.119. The number of amides is 1. The minimum Gasteiger partial charge on any atom is -0.474 e. The Morgan fingerprint density at radius 1 is 1.27 bits per heavy atom. The number of hydrogen-bond acceptors (Lipinski definition) is 7. The molecule has 0 unspecified atom stereocenters. The second-order valence-electron chi connectivity index (χ2n) is 8.75. The van der Waals surface area contributed by atoms with Crippen molar-refractivity contribution in [3.63, 3.8) is 0 Å². The van der Waals surface area contributed by atoms with Crippen LogP contribution in [-0.4, -0.2) is 58.8 Å². The minimum atomic E-state index is 0.0263.